The summed E-state index contributed by atoms with van der Waals surface area (Å²) in [4.78, 5) is 7.52. The molecule has 0 aliphatic rings. The molecule has 0 amide bonds. The fraction of sp³-hybridized carbons (Fsp3) is 0. The van der Waals surface area contributed by atoms with Gasteiger partial charge in [0.1, 0.15) is 4.90 Å². The van der Waals surface area contributed by atoms with E-state index >= 15 is 0 Å². The molecule has 0 radical (unpaired) electrons. The van der Waals surface area contributed by atoms with Gasteiger partial charge in [-0.25, -0.2) is 0 Å². The Morgan fingerprint density at radius 3 is 2.71 bits per heavy atom. The summed E-state index contributed by atoms with van der Waals surface area (Å²) in [6.07, 6.45) is 2.62. The van der Waals surface area contributed by atoms with Crippen LogP contribution in [-0.4, -0.2) is 22.9 Å². The van der Waals surface area contributed by atoms with Gasteiger partial charge >= 0.3 is 0 Å². The van der Waals surface area contributed by atoms with Crippen molar-refractivity contribution in [2.75, 3.05) is 0 Å². The van der Waals surface area contributed by atoms with Gasteiger partial charge in [-0.3, -0.25) is 14.5 Å². The summed E-state index contributed by atoms with van der Waals surface area (Å²) >= 11 is 0. The van der Waals surface area contributed by atoms with Crippen LogP contribution >= 0.6 is 0 Å². The first-order valence-electron chi connectivity index (χ1n) is 3.76. The molecule has 0 spiro atoms. The first kappa shape index (κ1) is 9.04. The van der Waals surface area contributed by atoms with Gasteiger partial charge < -0.3 is 0 Å². The molecular weight excluding hydrogens is 204 g/mol. The SMILES string of the molecule is O=S(=O)(O)c1cnc2cccnc2c1. The molecule has 0 bridgehead atoms. The van der Waals surface area contributed by atoms with Gasteiger partial charge in [-0.2, -0.15) is 8.42 Å². The number of hydrogen-bond donors (Lipinski definition) is 1. The first-order valence-corrected chi connectivity index (χ1v) is 5.20. The van der Waals surface area contributed by atoms with Crippen LogP contribution < -0.4 is 0 Å². The Bertz CT molecular complexity index is 580. The second-order valence-electron chi connectivity index (χ2n) is 2.69. The molecule has 1 N–H and O–H groups in total. The van der Waals surface area contributed by atoms with E-state index in [0.29, 0.717) is 11.0 Å². The van der Waals surface area contributed by atoms with Gasteiger partial charge in [0.15, 0.2) is 0 Å². The molecule has 5 nitrogen and oxygen atoms in total. The van der Waals surface area contributed by atoms with Crippen molar-refractivity contribution in [1.29, 1.82) is 0 Å². The number of hydrogen-bond acceptors (Lipinski definition) is 4. The molecule has 2 rings (SSSR count). The summed E-state index contributed by atoms with van der Waals surface area (Å²) in [7, 11) is -4.20. The quantitative estimate of drug-likeness (QED) is 0.706. The average Bonchev–Trinajstić information content (AvgIpc) is 2.16. The summed E-state index contributed by atoms with van der Waals surface area (Å²) in [6.45, 7) is 0. The largest absolute Gasteiger partial charge is 0.296 e. The maximum Gasteiger partial charge on any atom is 0.296 e. The van der Waals surface area contributed by atoms with Crippen LogP contribution in [0.25, 0.3) is 11.0 Å². The zero-order valence-electron chi connectivity index (χ0n) is 6.95. The molecule has 0 saturated carbocycles. The summed E-state index contributed by atoms with van der Waals surface area (Å²) in [5.74, 6) is 0. The molecule has 0 atom stereocenters. The normalized spacial score (nSPS) is 11.8. The van der Waals surface area contributed by atoms with Crippen molar-refractivity contribution in [1.82, 2.24) is 9.97 Å². The van der Waals surface area contributed by atoms with Gasteiger partial charge in [-0.15, -0.1) is 0 Å². The third kappa shape index (κ3) is 1.57. The lowest BCUT2D eigenvalue weighted by atomic mass is 10.3. The van der Waals surface area contributed by atoms with E-state index in [1.54, 1.807) is 12.1 Å². The standard InChI is InChI=1S/C8H6N2O3S/c11-14(12,13)6-4-8-7(10-5-6)2-1-3-9-8/h1-5H,(H,11,12,13). The summed E-state index contributed by atoms with van der Waals surface area (Å²) in [5, 5.41) is 0. The van der Waals surface area contributed by atoms with Gasteiger partial charge in [0, 0.05) is 12.4 Å². The summed E-state index contributed by atoms with van der Waals surface area (Å²) in [5.41, 5.74) is 1.02. The molecule has 0 aromatic carbocycles. The highest BCUT2D eigenvalue weighted by atomic mass is 32.2. The maximum absolute atomic E-state index is 10.8. The number of rotatable bonds is 1. The van der Waals surface area contributed by atoms with E-state index in [1.807, 2.05) is 0 Å². The Labute approximate surface area is 80.2 Å². The number of fused-ring (bicyclic) bond motifs is 1. The molecule has 2 heterocycles. The van der Waals surface area contributed by atoms with Crippen LogP contribution in [0.15, 0.2) is 35.5 Å². The maximum atomic E-state index is 10.8. The molecule has 0 aliphatic carbocycles. The van der Waals surface area contributed by atoms with Crippen LogP contribution in [0.5, 0.6) is 0 Å². The molecule has 72 valence electrons. The average molecular weight is 210 g/mol. The second kappa shape index (κ2) is 3.00. The van der Waals surface area contributed by atoms with E-state index < -0.39 is 10.1 Å². The van der Waals surface area contributed by atoms with E-state index in [-0.39, 0.29) is 4.90 Å². The highest BCUT2D eigenvalue weighted by molar-refractivity contribution is 7.85. The van der Waals surface area contributed by atoms with Crippen LogP contribution in [0.3, 0.4) is 0 Å². The molecule has 0 unspecified atom stereocenters. The third-order valence-corrected chi connectivity index (χ3v) is 2.54. The summed E-state index contributed by atoms with van der Waals surface area (Å²) in [6, 6.07) is 4.68. The predicted molar refractivity (Wildman–Crippen MR) is 49.4 cm³/mol. The van der Waals surface area contributed by atoms with Gasteiger partial charge in [-0.05, 0) is 18.2 Å². The lowest BCUT2D eigenvalue weighted by Crippen LogP contribution is -1.99. The minimum atomic E-state index is -4.20. The lowest BCUT2D eigenvalue weighted by molar-refractivity contribution is 0.483. The smallest absolute Gasteiger partial charge is 0.282 e. The van der Waals surface area contributed by atoms with Gasteiger partial charge in [0.05, 0.1) is 11.0 Å². The molecule has 0 saturated heterocycles. The topological polar surface area (TPSA) is 80.2 Å². The van der Waals surface area contributed by atoms with Crippen LogP contribution in [0.4, 0.5) is 0 Å². The van der Waals surface area contributed by atoms with E-state index in [9.17, 15) is 8.42 Å². The number of nitrogens with zero attached hydrogens (tertiary/aromatic N) is 2. The van der Waals surface area contributed by atoms with E-state index in [0.717, 1.165) is 6.20 Å². The Morgan fingerprint density at radius 1 is 1.21 bits per heavy atom. The molecule has 2 aromatic heterocycles. The Balaban J connectivity index is 2.75. The molecule has 0 aliphatic heterocycles. The minimum absolute atomic E-state index is 0.247. The molecular formula is C8H6N2O3S. The predicted octanol–water partition coefficient (Wildman–Crippen LogP) is 0.876. The Kier molecular flexibility index (Phi) is 1.94. The zero-order valence-corrected chi connectivity index (χ0v) is 7.77. The Hall–Kier alpha value is -1.53. The molecule has 0 fully saturated rings. The van der Waals surface area contributed by atoms with Crippen molar-refractivity contribution in [3.63, 3.8) is 0 Å². The first-order chi connectivity index (χ1) is 6.57. The van der Waals surface area contributed by atoms with Crippen LogP contribution in [0, 0.1) is 0 Å². The van der Waals surface area contributed by atoms with E-state index in [4.69, 9.17) is 4.55 Å². The minimum Gasteiger partial charge on any atom is -0.282 e. The van der Waals surface area contributed by atoms with Crippen molar-refractivity contribution in [3.05, 3.63) is 30.6 Å². The van der Waals surface area contributed by atoms with Gasteiger partial charge in [0.25, 0.3) is 10.1 Å². The van der Waals surface area contributed by atoms with Crippen molar-refractivity contribution in [2.45, 2.75) is 4.90 Å². The van der Waals surface area contributed by atoms with Crippen LogP contribution in [-0.2, 0) is 10.1 Å². The third-order valence-electron chi connectivity index (χ3n) is 1.72. The highest BCUT2D eigenvalue weighted by Crippen LogP contribution is 2.13. The fourth-order valence-electron chi connectivity index (χ4n) is 1.08. The Morgan fingerprint density at radius 2 is 2.00 bits per heavy atom. The van der Waals surface area contributed by atoms with E-state index in [2.05, 4.69) is 9.97 Å². The fourth-order valence-corrected chi connectivity index (χ4v) is 1.52. The van der Waals surface area contributed by atoms with Crippen LogP contribution in [0.2, 0.25) is 0 Å². The van der Waals surface area contributed by atoms with Gasteiger partial charge in [0.2, 0.25) is 0 Å². The second-order valence-corrected chi connectivity index (χ2v) is 4.11. The number of pyridine rings is 2. The molecule has 2 aromatic rings. The van der Waals surface area contributed by atoms with Crippen molar-refractivity contribution >= 4 is 21.2 Å². The van der Waals surface area contributed by atoms with Gasteiger partial charge in [-0.1, -0.05) is 0 Å². The zero-order chi connectivity index (χ0) is 10.2. The highest BCUT2D eigenvalue weighted by Gasteiger charge is 2.10. The lowest BCUT2D eigenvalue weighted by Gasteiger charge is -1.98. The monoisotopic (exact) mass is 210 g/mol. The van der Waals surface area contributed by atoms with Crippen molar-refractivity contribution in [2.24, 2.45) is 0 Å². The summed E-state index contributed by atoms with van der Waals surface area (Å²) < 4.78 is 30.3. The van der Waals surface area contributed by atoms with E-state index in [1.165, 1.54) is 12.3 Å². The van der Waals surface area contributed by atoms with Crippen LogP contribution in [0.1, 0.15) is 0 Å². The van der Waals surface area contributed by atoms with Crippen molar-refractivity contribution in [3.8, 4) is 0 Å². The molecule has 6 heteroatoms. The van der Waals surface area contributed by atoms with Crippen molar-refractivity contribution < 1.29 is 13.0 Å². The number of aromatic nitrogens is 2. The molecule has 14 heavy (non-hydrogen) atoms.